The lowest BCUT2D eigenvalue weighted by Crippen LogP contribution is -2.42. The third kappa shape index (κ3) is 3.99. The van der Waals surface area contributed by atoms with Crippen molar-refractivity contribution in [3.05, 3.63) is 24.2 Å². The molecule has 1 N–H and O–H groups in total. The maximum Gasteiger partial charge on any atom is 0.0935 e. The van der Waals surface area contributed by atoms with Crippen LogP contribution in [0.15, 0.2) is 23.0 Å². The highest BCUT2D eigenvalue weighted by molar-refractivity contribution is 5.08. The zero-order valence-corrected chi connectivity index (χ0v) is 10.5. The number of furan rings is 1. The van der Waals surface area contributed by atoms with Crippen LogP contribution in [0.2, 0.25) is 0 Å². The molecule has 0 saturated heterocycles. The molecule has 92 valence electrons. The van der Waals surface area contributed by atoms with Crippen LogP contribution in [0.1, 0.15) is 32.3 Å². The molecular formula is C13H23NO2. The van der Waals surface area contributed by atoms with E-state index in [1.807, 2.05) is 12.3 Å². The van der Waals surface area contributed by atoms with E-state index in [1.54, 1.807) is 13.4 Å². The van der Waals surface area contributed by atoms with E-state index < -0.39 is 0 Å². The van der Waals surface area contributed by atoms with Gasteiger partial charge >= 0.3 is 0 Å². The number of methoxy groups -OCH3 is 1. The molecule has 1 aromatic heterocycles. The molecular weight excluding hydrogens is 202 g/mol. The van der Waals surface area contributed by atoms with Gasteiger partial charge in [-0.05, 0) is 37.4 Å². The van der Waals surface area contributed by atoms with Gasteiger partial charge in [0.15, 0.2) is 0 Å². The Bertz CT molecular complexity index is 255. The summed E-state index contributed by atoms with van der Waals surface area (Å²) < 4.78 is 10.6. The van der Waals surface area contributed by atoms with Crippen molar-refractivity contribution in [3.63, 3.8) is 0 Å². The van der Waals surface area contributed by atoms with Gasteiger partial charge in [0.1, 0.15) is 0 Å². The molecule has 0 spiro atoms. The second-order valence-corrected chi connectivity index (χ2v) is 4.08. The van der Waals surface area contributed by atoms with Crippen LogP contribution in [0, 0.1) is 0 Å². The lowest BCUT2D eigenvalue weighted by Gasteiger charge is -2.25. The molecule has 0 amide bonds. The van der Waals surface area contributed by atoms with E-state index in [9.17, 15) is 0 Å². The van der Waals surface area contributed by atoms with Crippen LogP contribution in [0.5, 0.6) is 0 Å². The Morgan fingerprint density at radius 3 is 2.75 bits per heavy atom. The fraction of sp³-hybridized carbons (Fsp3) is 0.692. The van der Waals surface area contributed by atoms with Crippen molar-refractivity contribution in [1.29, 1.82) is 0 Å². The average Bonchev–Trinajstić information content (AvgIpc) is 2.80. The highest BCUT2D eigenvalue weighted by Crippen LogP contribution is 2.11. The minimum absolute atomic E-state index is 0.265. The molecule has 16 heavy (non-hydrogen) atoms. The summed E-state index contributed by atoms with van der Waals surface area (Å²) in [7, 11) is 1.78. The number of rotatable bonds is 8. The van der Waals surface area contributed by atoms with Crippen molar-refractivity contribution < 1.29 is 9.15 Å². The Hall–Kier alpha value is -0.800. The normalized spacial score (nSPS) is 14.9. The van der Waals surface area contributed by atoms with Crippen LogP contribution in [-0.4, -0.2) is 25.8 Å². The van der Waals surface area contributed by atoms with Gasteiger partial charge < -0.3 is 14.5 Å². The van der Waals surface area contributed by atoms with Gasteiger partial charge in [0.2, 0.25) is 0 Å². The summed E-state index contributed by atoms with van der Waals surface area (Å²) >= 11 is 0. The zero-order chi connectivity index (χ0) is 11.8. The molecule has 0 aliphatic heterocycles. The predicted octanol–water partition coefficient (Wildman–Crippen LogP) is 2.62. The van der Waals surface area contributed by atoms with E-state index in [1.165, 1.54) is 5.56 Å². The van der Waals surface area contributed by atoms with Gasteiger partial charge in [0.05, 0.1) is 18.6 Å². The van der Waals surface area contributed by atoms with Gasteiger partial charge in [-0.1, -0.05) is 13.8 Å². The predicted molar refractivity (Wildman–Crippen MR) is 65.6 cm³/mol. The largest absolute Gasteiger partial charge is 0.472 e. The molecule has 1 rings (SSSR count). The van der Waals surface area contributed by atoms with E-state index in [0.29, 0.717) is 6.04 Å². The van der Waals surface area contributed by atoms with Crippen molar-refractivity contribution in [2.24, 2.45) is 0 Å². The Kier molecular flexibility index (Phi) is 6.19. The van der Waals surface area contributed by atoms with Gasteiger partial charge in [-0.3, -0.25) is 0 Å². The summed E-state index contributed by atoms with van der Waals surface area (Å²) in [6.45, 7) is 5.36. The molecule has 2 unspecified atom stereocenters. The van der Waals surface area contributed by atoms with Gasteiger partial charge in [-0.15, -0.1) is 0 Å². The Morgan fingerprint density at radius 1 is 1.44 bits per heavy atom. The molecule has 0 fully saturated rings. The number of hydrogen-bond acceptors (Lipinski definition) is 3. The van der Waals surface area contributed by atoms with Crippen molar-refractivity contribution >= 4 is 0 Å². The SMILES string of the molecule is CCCNC(Cc1ccoc1)C(CC)OC. The second kappa shape index (κ2) is 7.47. The standard InChI is InChI=1S/C13H23NO2/c1-4-7-14-12(13(5-2)15-3)9-11-6-8-16-10-11/h6,8,10,12-14H,4-5,7,9H2,1-3H3. The van der Waals surface area contributed by atoms with Crippen molar-refractivity contribution in [3.8, 4) is 0 Å². The number of ether oxygens (including phenoxy) is 1. The summed E-state index contributed by atoms with van der Waals surface area (Å²) in [5, 5.41) is 3.54. The number of nitrogens with one attached hydrogen (secondary N) is 1. The highest BCUT2D eigenvalue weighted by Gasteiger charge is 2.19. The monoisotopic (exact) mass is 225 g/mol. The maximum atomic E-state index is 5.51. The molecule has 0 aliphatic rings. The van der Waals surface area contributed by atoms with E-state index in [-0.39, 0.29) is 6.10 Å². The third-order valence-corrected chi connectivity index (χ3v) is 2.85. The molecule has 0 aromatic carbocycles. The molecule has 2 atom stereocenters. The smallest absolute Gasteiger partial charge is 0.0935 e. The molecule has 0 aliphatic carbocycles. The molecule has 3 heteroatoms. The first-order chi connectivity index (χ1) is 7.81. The van der Waals surface area contributed by atoms with Crippen LogP contribution >= 0.6 is 0 Å². The van der Waals surface area contributed by atoms with Crippen LogP contribution in [0.25, 0.3) is 0 Å². The van der Waals surface area contributed by atoms with Crippen LogP contribution in [0.4, 0.5) is 0 Å². The highest BCUT2D eigenvalue weighted by atomic mass is 16.5. The second-order valence-electron chi connectivity index (χ2n) is 4.08. The summed E-state index contributed by atoms with van der Waals surface area (Å²) in [4.78, 5) is 0. The van der Waals surface area contributed by atoms with Crippen molar-refractivity contribution in [1.82, 2.24) is 5.32 Å². The van der Waals surface area contributed by atoms with Crippen LogP contribution in [-0.2, 0) is 11.2 Å². The molecule has 0 bridgehead atoms. The van der Waals surface area contributed by atoms with Crippen molar-refractivity contribution in [2.75, 3.05) is 13.7 Å². The maximum absolute atomic E-state index is 5.51. The lowest BCUT2D eigenvalue weighted by atomic mass is 10.0. The first-order valence-corrected chi connectivity index (χ1v) is 6.09. The minimum Gasteiger partial charge on any atom is -0.472 e. The van der Waals surface area contributed by atoms with Gasteiger partial charge in [0.25, 0.3) is 0 Å². The zero-order valence-electron chi connectivity index (χ0n) is 10.5. The third-order valence-electron chi connectivity index (χ3n) is 2.85. The summed E-state index contributed by atoms with van der Waals surface area (Å²) in [6, 6.07) is 2.38. The first kappa shape index (κ1) is 13.3. The quantitative estimate of drug-likeness (QED) is 0.738. The van der Waals surface area contributed by atoms with Crippen molar-refractivity contribution in [2.45, 2.75) is 45.3 Å². The molecule has 3 nitrogen and oxygen atoms in total. The molecule has 1 heterocycles. The molecule has 1 aromatic rings. The minimum atomic E-state index is 0.265. The summed E-state index contributed by atoms with van der Waals surface area (Å²) in [5.41, 5.74) is 1.23. The Morgan fingerprint density at radius 2 is 2.25 bits per heavy atom. The summed E-state index contributed by atoms with van der Waals surface area (Å²) in [5.74, 6) is 0. The van der Waals surface area contributed by atoms with Gasteiger partial charge in [-0.25, -0.2) is 0 Å². The Balaban J connectivity index is 2.55. The topological polar surface area (TPSA) is 34.4 Å². The fourth-order valence-electron chi connectivity index (χ4n) is 1.94. The molecule has 0 saturated carbocycles. The number of hydrogen-bond donors (Lipinski definition) is 1. The molecule has 0 radical (unpaired) electrons. The van der Waals surface area contributed by atoms with E-state index >= 15 is 0 Å². The van der Waals surface area contributed by atoms with E-state index in [2.05, 4.69) is 19.2 Å². The van der Waals surface area contributed by atoms with Crippen LogP contribution in [0.3, 0.4) is 0 Å². The van der Waals surface area contributed by atoms with E-state index in [4.69, 9.17) is 9.15 Å². The summed E-state index contributed by atoms with van der Waals surface area (Å²) in [6.07, 6.45) is 6.92. The average molecular weight is 225 g/mol. The fourth-order valence-corrected chi connectivity index (χ4v) is 1.94. The first-order valence-electron chi connectivity index (χ1n) is 6.09. The van der Waals surface area contributed by atoms with E-state index in [0.717, 1.165) is 25.8 Å². The van der Waals surface area contributed by atoms with Gasteiger partial charge in [0, 0.05) is 13.2 Å². The van der Waals surface area contributed by atoms with Gasteiger partial charge in [-0.2, -0.15) is 0 Å². The Labute approximate surface area is 98.2 Å². The lowest BCUT2D eigenvalue weighted by molar-refractivity contribution is 0.0653. The van der Waals surface area contributed by atoms with Crippen LogP contribution < -0.4 is 5.32 Å².